The largest absolute Gasteiger partial charge is 0.308 e. The minimum atomic E-state index is 0.732. The molecule has 5 nitrogen and oxygen atoms in total. The molecule has 2 rings (SSSR count). The lowest BCUT2D eigenvalue weighted by molar-refractivity contribution is 0.311. The number of hydrogen-bond acceptors (Lipinski definition) is 4. The van der Waals surface area contributed by atoms with Crippen LogP contribution in [0.3, 0.4) is 0 Å². The van der Waals surface area contributed by atoms with Crippen molar-refractivity contribution in [1.82, 2.24) is 25.2 Å². The van der Waals surface area contributed by atoms with E-state index in [1.807, 2.05) is 4.68 Å². The van der Waals surface area contributed by atoms with Crippen molar-refractivity contribution >= 4 is 0 Å². The molecular formula is C12H23N5. The topological polar surface area (TPSA) is 46.0 Å². The van der Waals surface area contributed by atoms with E-state index in [-0.39, 0.29) is 0 Å². The van der Waals surface area contributed by atoms with Crippen molar-refractivity contribution in [3.8, 4) is 0 Å². The van der Waals surface area contributed by atoms with Crippen LogP contribution in [0.1, 0.15) is 31.9 Å². The lowest BCUT2D eigenvalue weighted by Crippen LogP contribution is -2.24. The molecule has 1 aliphatic rings. The zero-order valence-electron chi connectivity index (χ0n) is 10.9. The summed E-state index contributed by atoms with van der Waals surface area (Å²) in [5, 5.41) is 11.8. The molecule has 5 heteroatoms. The molecule has 1 fully saturated rings. The van der Waals surface area contributed by atoms with Crippen molar-refractivity contribution in [3.05, 3.63) is 11.9 Å². The lowest BCUT2D eigenvalue weighted by Gasteiger charge is -2.14. The second-order valence-corrected chi connectivity index (χ2v) is 4.93. The van der Waals surface area contributed by atoms with Crippen molar-refractivity contribution in [2.45, 2.75) is 45.3 Å². The first-order valence-corrected chi connectivity index (χ1v) is 6.59. The summed E-state index contributed by atoms with van der Waals surface area (Å²) >= 11 is 0. The maximum Gasteiger partial charge on any atom is 0.0964 e. The molecule has 1 aromatic rings. The molecule has 1 aromatic heterocycles. The quantitative estimate of drug-likeness (QED) is 0.729. The summed E-state index contributed by atoms with van der Waals surface area (Å²) in [6.07, 6.45) is 5.88. The normalized spacial score (nSPS) is 15.7. The van der Waals surface area contributed by atoms with Crippen molar-refractivity contribution in [2.75, 3.05) is 20.1 Å². The summed E-state index contributed by atoms with van der Waals surface area (Å²) in [5.74, 6) is 0. The molecule has 96 valence electrons. The Morgan fingerprint density at radius 3 is 3.00 bits per heavy atom. The zero-order valence-corrected chi connectivity index (χ0v) is 10.9. The van der Waals surface area contributed by atoms with Gasteiger partial charge in [0.2, 0.25) is 0 Å². The molecule has 1 N–H and O–H groups in total. The van der Waals surface area contributed by atoms with E-state index >= 15 is 0 Å². The third-order valence-electron chi connectivity index (χ3n) is 3.05. The number of nitrogens with one attached hydrogen (secondary N) is 1. The van der Waals surface area contributed by atoms with Crippen LogP contribution in [0.4, 0.5) is 0 Å². The van der Waals surface area contributed by atoms with Crippen LogP contribution in [0, 0.1) is 0 Å². The molecule has 17 heavy (non-hydrogen) atoms. The van der Waals surface area contributed by atoms with Gasteiger partial charge in [-0.3, -0.25) is 4.68 Å². The van der Waals surface area contributed by atoms with E-state index in [9.17, 15) is 0 Å². The maximum absolute atomic E-state index is 4.17. The fourth-order valence-corrected chi connectivity index (χ4v) is 1.83. The molecule has 0 aliphatic heterocycles. The molecule has 0 bridgehead atoms. The number of hydrogen-bond donors (Lipinski definition) is 1. The molecule has 0 unspecified atom stereocenters. The molecule has 0 atom stereocenters. The van der Waals surface area contributed by atoms with Crippen molar-refractivity contribution in [2.24, 2.45) is 0 Å². The van der Waals surface area contributed by atoms with Gasteiger partial charge in [-0.1, -0.05) is 12.1 Å². The fourth-order valence-electron chi connectivity index (χ4n) is 1.83. The van der Waals surface area contributed by atoms with Gasteiger partial charge >= 0.3 is 0 Å². The van der Waals surface area contributed by atoms with Crippen LogP contribution in [-0.4, -0.2) is 46.1 Å². The Kier molecular flexibility index (Phi) is 4.50. The molecule has 0 amide bonds. The highest BCUT2D eigenvalue weighted by atomic mass is 15.4. The number of rotatable bonds is 8. The molecule has 1 heterocycles. The molecule has 0 saturated heterocycles. The van der Waals surface area contributed by atoms with Crippen LogP contribution in [0.2, 0.25) is 0 Å². The Bertz CT molecular complexity index is 331. The van der Waals surface area contributed by atoms with E-state index in [1.165, 1.54) is 19.3 Å². The molecule has 1 aliphatic carbocycles. The number of likely N-dealkylation sites (N-methyl/N-ethyl adjacent to an activating group) is 1. The highest BCUT2D eigenvalue weighted by Crippen LogP contribution is 2.18. The predicted octanol–water partition coefficient (Wildman–Crippen LogP) is 0.872. The summed E-state index contributed by atoms with van der Waals surface area (Å²) < 4.78 is 1.94. The van der Waals surface area contributed by atoms with Gasteiger partial charge in [-0.05, 0) is 32.9 Å². The van der Waals surface area contributed by atoms with Gasteiger partial charge in [0.05, 0.1) is 12.2 Å². The van der Waals surface area contributed by atoms with E-state index in [0.29, 0.717) is 0 Å². The smallest absolute Gasteiger partial charge is 0.0964 e. The van der Waals surface area contributed by atoms with Gasteiger partial charge in [-0.2, -0.15) is 0 Å². The highest BCUT2D eigenvalue weighted by Gasteiger charge is 2.20. The highest BCUT2D eigenvalue weighted by molar-refractivity contribution is 4.94. The molecule has 0 spiro atoms. The van der Waals surface area contributed by atoms with Crippen molar-refractivity contribution in [3.63, 3.8) is 0 Å². The lowest BCUT2D eigenvalue weighted by atomic mass is 10.4. The van der Waals surface area contributed by atoms with Gasteiger partial charge in [-0.25, -0.2) is 0 Å². The predicted molar refractivity (Wildman–Crippen MR) is 67.7 cm³/mol. The maximum atomic E-state index is 4.17. The summed E-state index contributed by atoms with van der Waals surface area (Å²) in [4.78, 5) is 2.32. The first-order chi connectivity index (χ1) is 8.28. The van der Waals surface area contributed by atoms with Crippen LogP contribution in [0.15, 0.2) is 6.20 Å². The van der Waals surface area contributed by atoms with E-state index in [4.69, 9.17) is 0 Å². The van der Waals surface area contributed by atoms with Crippen LogP contribution in [0.25, 0.3) is 0 Å². The minimum absolute atomic E-state index is 0.732. The van der Waals surface area contributed by atoms with E-state index in [0.717, 1.165) is 37.9 Å². The van der Waals surface area contributed by atoms with Gasteiger partial charge in [0, 0.05) is 25.3 Å². The second kappa shape index (κ2) is 6.12. The standard InChI is InChI=1S/C12H23N5/c1-3-6-16(2)7-8-17-10-12(14-15-17)9-13-11-4-5-11/h10-11,13H,3-9H2,1-2H3. The van der Waals surface area contributed by atoms with Crippen molar-refractivity contribution < 1.29 is 0 Å². The average Bonchev–Trinajstić information content (AvgIpc) is 3.03. The van der Waals surface area contributed by atoms with Gasteiger partial charge in [0.1, 0.15) is 0 Å². The summed E-state index contributed by atoms with van der Waals surface area (Å²) in [7, 11) is 2.15. The van der Waals surface area contributed by atoms with E-state index in [2.05, 4.69) is 40.7 Å². The monoisotopic (exact) mass is 237 g/mol. The Balaban J connectivity index is 1.69. The zero-order chi connectivity index (χ0) is 12.1. The first kappa shape index (κ1) is 12.5. The number of nitrogens with zero attached hydrogens (tertiary/aromatic N) is 4. The van der Waals surface area contributed by atoms with Gasteiger partial charge in [0.25, 0.3) is 0 Å². The van der Waals surface area contributed by atoms with Gasteiger partial charge in [-0.15, -0.1) is 5.10 Å². The van der Waals surface area contributed by atoms with E-state index < -0.39 is 0 Å². The Hall–Kier alpha value is -0.940. The summed E-state index contributed by atoms with van der Waals surface area (Å²) in [6, 6.07) is 0.732. The Morgan fingerprint density at radius 2 is 2.29 bits per heavy atom. The van der Waals surface area contributed by atoms with Gasteiger partial charge < -0.3 is 10.2 Å². The second-order valence-electron chi connectivity index (χ2n) is 4.93. The molecule has 0 radical (unpaired) electrons. The molecule has 1 saturated carbocycles. The SMILES string of the molecule is CCCN(C)CCn1cc(CNC2CC2)nn1. The summed E-state index contributed by atoms with van der Waals surface area (Å²) in [5.41, 5.74) is 1.05. The van der Waals surface area contributed by atoms with Gasteiger partial charge in [0.15, 0.2) is 0 Å². The minimum Gasteiger partial charge on any atom is -0.308 e. The van der Waals surface area contributed by atoms with Crippen molar-refractivity contribution in [1.29, 1.82) is 0 Å². The average molecular weight is 237 g/mol. The van der Waals surface area contributed by atoms with Crippen LogP contribution in [-0.2, 0) is 13.1 Å². The molecule has 0 aromatic carbocycles. The molecular weight excluding hydrogens is 214 g/mol. The third kappa shape index (κ3) is 4.44. The van der Waals surface area contributed by atoms with Crippen LogP contribution >= 0.6 is 0 Å². The van der Waals surface area contributed by atoms with Crippen LogP contribution < -0.4 is 5.32 Å². The first-order valence-electron chi connectivity index (χ1n) is 6.59. The Labute approximate surface area is 103 Å². The fraction of sp³-hybridized carbons (Fsp3) is 0.833. The van der Waals surface area contributed by atoms with Crippen LogP contribution in [0.5, 0.6) is 0 Å². The Morgan fingerprint density at radius 1 is 1.47 bits per heavy atom. The van der Waals surface area contributed by atoms with E-state index in [1.54, 1.807) is 0 Å². The summed E-state index contributed by atoms with van der Waals surface area (Å²) in [6.45, 7) is 6.16. The number of aromatic nitrogens is 3. The third-order valence-corrected chi connectivity index (χ3v) is 3.05.